The fourth-order valence-corrected chi connectivity index (χ4v) is 2.62. The molecule has 0 saturated carbocycles. The number of hydrogen-bond donors (Lipinski definition) is 1. The number of carbonyl (C=O) groups is 2. The van der Waals surface area contributed by atoms with Crippen LogP contribution in [0.15, 0.2) is 0 Å². The van der Waals surface area contributed by atoms with Crippen molar-refractivity contribution in [3.8, 4) is 0 Å². The first-order chi connectivity index (χ1) is 8.63. The molecule has 0 aromatic carbocycles. The van der Waals surface area contributed by atoms with Crippen LogP contribution in [0.4, 0.5) is 4.79 Å². The van der Waals surface area contributed by atoms with Crippen molar-refractivity contribution in [3.63, 3.8) is 0 Å². The number of hydrogen-bond acceptors (Lipinski definition) is 2. The van der Waals surface area contributed by atoms with Crippen LogP contribution in [0.5, 0.6) is 0 Å². The lowest BCUT2D eigenvalue weighted by Crippen LogP contribution is -2.55. The van der Waals surface area contributed by atoms with Gasteiger partial charge in [-0.15, -0.1) is 0 Å². The van der Waals surface area contributed by atoms with Gasteiger partial charge in [-0.05, 0) is 19.3 Å². The molecule has 0 radical (unpaired) electrons. The smallest absolute Gasteiger partial charge is 0.407 e. The van der Waals surface area contributed by atoms with Crippen LogP contribution >= 0.6 is 0 Å². The van der Waals surface area contributed by atoms with Crippen LogP contribution in [0.2, 0.25) is 0 Å². The molecule has 0 aromatic rings. The van der Waals surface area contributed by atoms with Gasteiger partial charge in [-0.1, -0.05) is 0 Å². The van der Waals surface area contributed by atoms with Gasteiger partial charge in [-0.2, -0.15) is 4.79 Å². The summed E-state index contributed by atoms with van der Waals surface area (Å²) in [5, 5.41) is 8.98. The Balaban J connectivity index is 2.08. The zero-order valence-corrected chi connectivity index (χ0v) is 10.1. The van der Waals surface area contributed by atoms with Crippen molar-refractivity contribution in [2.24, 2.45) is 0 Å². The number of rotatable bonds is 1. The van der Waals surface area contributed by atoms with Gasteiger partial charge in [0.25, 0.3) is 0 Å². The maximum Gasteiger partial charge on any atom is 0.407 e. The highest BCUT2D eigenvalue weighted by Gasteiger charge is 2.37. The molecular weight excluding hydrogens is 236 g/mol. The van der Waals surface area contributed by atoms with Crippen molar-refractivity contribution in [1.29, 1.82) is 0 Å². The minimum Gasteiger partial charge on any atom is -0.465 e. The van der Waals surface area contributed by atoms with E-state index in [1.54, 1.807) is 4.90 Å². The van der Waals surface area contributed by atoms with E-state index in [9.17, 15) is 9.59 Å². The second kappa shape index (κ2) is 5.18. The van der Waals surface area contributed by atoms with Gasteiger partial charge in [0.1, 0.15) is 0 Å². The molecule has 2 fully saturated rings. The predicted molar refractivity (Wildman–Crippen MR) is 62.2 cm³/mol. The molecule has 0 spiro atoms. The Morgan fingerprint density at radius 2 is 2.17 bits per heavy atom. The van der Waals surface area contributed by atoms with Crippen LogP contribution in [0.1, 0.15) is 25.7 Å². The largest absolute Gasteiger partial charge is 0.465 e. The van der Waals surface area contributed by atoms with E-state index < -0.39 is 6.09 Å². The normalized spacial score (nSPS) is 25.0. The molecule has 7 heteroatoms. The molecular formula is C11H16N4O3. The third-order valence-electron chi connectivity index (χ3n) is 3.55. The molecule has 1 N–H and O–H groups in total. The molecule has 0 aliphatic carbocycles. The summed E-state index contributed by atoms with van der Waals surface area (Å²) in [6.07, 6.45) is 1.86. The van der Waals surface area contributed by atoms with Gasteiger partial charge in [-0.3, -0.25) is 4.79 Å². The lowest BCUT2D eigenvalue weighted by atomic mass is 10.00. The minimum atomic E-state index is -0.944. The summed E-state index contributed by atoms with van der Waals surface area (Å²) in [4.78, 5) is 29.0. The average molecular weight is 252 g/mol. The standard InChI is InChI=1S/C11H16N4O3/c12-13-9-4-2-6-15(10(9)16)8-3-1-5-14(7-8)11(17)18/h8H,1-7H2,(H,17,18). The zero-order valence-electron chi connectivity index (χ0n) is 10.1. The quantitative estimate of drug-likeness (QED) is 0.541. The fourth-order valence-electron chi connectivity index (χ4n) is 2.62. The first-order valence-electron chi connectivity index (χ1n) is 6.13. The summed E-state index contributed by atoms with van der Waals surface area (Å²) in [5.74, 6) is -0.263. The van der Waals surface area contributed by atoms with Gasteiger partial charge >= 0.3 is 17.7 Å². The predicted octanol–water partition coefficient (Wildman–Crippen LogP) is 0.422. The average Bonchev–Trinajstić information content (AvgIpc) is 2.39. The molecule has 2 saturated heterocycles. The van der Waals surface area contributed by atoms with E-state index in [4.69, 9.17) is 10.6 Å². The lowest BCUT2D eigenvalue weighted by Gasteiger charge is -2.38. The summed E-state index contributed by atoms with van der Waals surface area (Å²) in [6.45, 7) is 1.48. The maximum absolute atomic E-state index is 12.0. The van der Waals surface area contributed by atoms with E-state index in [0.717, 1.165) is 19.3 Å². The third kappa shape index (κ3) is 2.36. The topological polar surface area (TPSA) is 97.2 Å². The van der Waals surface area contributed by atoms with Crippen molar-refractivity contribution in [2.45, 2.75) is 31.7 Å². The number of carbonyl (C=O) groups excluding carboxylic acids is 1. The highest BCUT2D eigenvalue weighted by atomic mass is 16.4. The third-order valence-corrected chi connectivity index (χ3v) is 3.55. The summed E-state index contributed by atoms with van der Waals surface area (Å²) in [5.41, 5.74) is 8.93. The SMILES string of the molecule is [N-]=[N+]=C1CCCN(C2CCCN(C(=O)O)C2)C1=O. The second-order valence-corrected chi connectivity index (χ2v) is 4.67. The molecule has 18 heavy (non-hydrogen) atoms. The van der Waals surface area contributed by atoms with Crippen molar-refractivity contribution in [1.82, 2.24) is 9.80 Å². The molecule has 0 aromatic heterocycles. The van der Waals surface area contributed by atoms with Crippen LogP contribution in [-0.2, 0) is 4.79 Å². The fraction of sp³-hybridized carbons (Fsp3) is 0.727. The lowest BCUT2D eigenvalue weighted by molar-refractivity contribution is -0.133. The van der Waals surface area contributed by atoms with Crippen LogP contribution in [-0.4, -0.2) is 63.1 Å². The molecule has 1 unspecified atom stereocenters. The van der Waals surface area contributed by atoms with Crippen molar-refractivity contribution < 1.29 is 19.5 Å². The van der Waals surface area contributed by atoms with Crippen molar-refractivity contribution in [3.05, 3.63) is 5.53 Å². The Morgan fingerprint density at radius 1 is 1.39 bits per heavy atom. The van der Waals surface area contributed by atoms with E-state index in [0.29, 0.717) is 26.1 Å². The number of piperidine rings is 2. The van der Waals surface area contributed by atoms with Gasteiger partial charge in [-0.25, -0.2) is 4.79 Å². The van der Waals surface area contributed by atoms with Gasteiger partial charge < -0.3 is 20.4 Å². The molecule has 2 aliphatic rings. The molecule has 2 rings (SSSR count). The number of carboxylic acid groups (broad SMARTS) is 1. The molecule has 7 nitrogen and oxygen atoms in total. The Labute approximate surface area is 105 Å². The monoisotopic (exact) mass is 252 g/mol. The molecule has 2 amide bonds. The van der Waals surface area contributed by atoms with Crippen LogP contribution < -0.4 is 0 Å². The summed E-state index contributed by atoms with van der Waals surface area (Å²) in [7, 11) is 0. The second-order valence-electron chi connectivity index (χ2n) is 4.67. The highest BCUT2D eigenvalue weighted by Crippen LogP contribution is 2.20. The van der Waals surface area contributed by atoms with Crippen LogP contribution in [0.3, 0.4) is 0 Å². The van der Waals surface area contributed by atoms with Gasteiger partial charge in [0, 0.05) is 19.6 Å². The summed E-state index contributed by atoms with van der Waals surface area (Å²) >= 11 is 0. The molecule has 2 aliphatic heterocycles. The Morgan fingerprint density at radius 3 is 2.83 bits per heavy atom. The van der Waals surface area contributed by atoms with Crippen molar-refractivity contribution in [2.75, 3.05) is 19.6 Å². The van der Waals surface area contributed by atoms with Gasteiger partial charge in [0.15, 0.2) is 0 Å². The van der Waals surface area contributed by atoms with E-state index in [-0.39, 0.29) is 17.7 Å². The van der Waals surface area contributed by atoms with E-state index in [1.807, 2.05) is 0 Å². The molecule has 0 bridgehead atoms. The first kappa shape index (κ1) is 12.6. The Bertz CT molecular complexity index is 417. The Kier molecular flexibility index (Phi) is 3.62. The number of amides is 2. The minimum absolute atomic E-state index is 0.0978. The zero-order chi connectivity index (χ0) is 13.1. The van der Waals surface area contributed by atoms with Gasteiger partial charge in [0.2, 0.25) is 0 Å². The molecule has 1 atom stereocenters. The van der Waals surface area contributed by atoms with Crippen LogP contribution in [0, 0.1) is 0 Å². The highest BCUT2D eigenvalue weighted by molar-refractivity contribution is 6.36. The van der Waals surface area contributed by atoms with Gasteiger partial charge in [0.05, 0.1) is 12.5 Å². The first-order valence-corrected chi connectivity index (χ1v) is 6.13. The number of likely N-dealkylation sites (tertiary alicyclic amines) is 2. The molecule has 2 heterocycles. The van der Waals surface area contributed by atoms with E-state index in [2.05, 4.69) is 4.79 Å². The van der Waals surface area contributed by atoms with Crippen molar-refractivity contribution >= 4 is 17.7 Å². The maximum atomic E-state index is 12.0. The van der Waals surface area contributed by atoms with E-state index >= 15 is 0 Å². The molecule has 98 valence electrons. The summed E-state index contributed by atoms with van der Waals surface area (Å²) in [6, 6.07) is -0.0978. The van der Waals surface area contributed by atoms with Crippen LogP contribution in [0.25, 0.3) is 5.53 Å². The Hall–Kier alpha value is -1.88. The van der Waals surface area contributed by atoms with E-state index in [1.165, 1.54) is 4.90 Å². The number of nitrogens with zero attached hydrogens (tertiary/aromatic N) is 4. The summed E-state index contributed by atoms with van der Waals surface area (Å²) < 4.78 is 0.